The average molecular weight is 450 g/mol. The van der Waals surface area contributed by atoms with Gasteiger partial charge in [0.15, 0.2) is 0 Å². The Kier molecular flexibility index (Phi) is 6.76. The Hall–Kier alpha value is -4.76. The van der Waals surface area contributed by atoms with E-state index in [-0.39, 0.29) is 11.4 Å². The Morgan fingerprint density at radius 2 is 1.62 bits per heavy atom. The second kappa shape index (κ2) is 10.2. The molecule has 0 spiro atoms. The molecule has 0 radical (unpaired) electrons. The van der Waals surface area contributed by atoms with Crippen molar-refractivity contribution in [1.82, 2.24) is 0 Å². The first-order chi connectivity index (χ1) is 16.6. The predicted molar refractivity (Wildman–Crippen MR) is 132 cm³/mol. The summed E-state index contributed by atoms with van der Waals surface area (Å²) in [6, 6.07) is 26.5. The molecule has 6 heteroatoms. The molecule has 1 amide bonds. The van der Waals surface area contributed by atoms with Gasteiger partial charge in [0.05, 0.1) is 14.2 Å². The minimum Gasteiger partial charge on any atom is -0.497 e. The smallest absolute Gasteiger partial charge is 0.250 e. The summed E-state index contributed by atoms with van der Waals surface area (Å²) in [7, 11) is 3.12. The second-order valence-electron chi connectivity index (χ2n) is 7.28. The Labute approximate surface area is 197 Å². The Bertz CT molecular complexity index is 1370. The van der Waals surface area contributed by atoms with Crippen molar-refractivity contribution < 1.29 is 18.7 Å². The molecule has 0 fully saturated rings. The van der Waals surface area contributed by atoms with Crippen LogP contribution in [0.25, 0.3) is 28.5 Å². The van der Waals surface area contributed by atoms with Crippen LogP contribution >= 0.6 is 0 Å². The van der Waals surface area contributed by atoms with E-state index in [4.69, 9.17) is 13.9 Å². The number of hydrogen-bond donors (Lipinski definition) is 1. The van der Waals surface area contributed by atoms with Crippen LogP contribution in [0.3, 0.4) is 0 Å². The standard InChI is InChI=1S/C28H22N2O4/c1-32-22-15-13-19(24(17-22)33-2)14-16-25(31)30-28-23(18-29)26(20-9-5-3-6-10-20)27(34-28)21-11-7-4-8-12-21/h3-17H,1-2H3,(H,30,31)/b16-14+. The van der Waals surface area contributed by atoms with Crippen LogP contribution < -0.4 is 14.8 Å². The van der Waals surface area contributed by atoms with Gasteiger partial charge in [-0.15, -0.1) is 0 Å². The van der Waals surface area contributed by atoms with Crippen molar-refractivity contribution in [2.45, 2.75) is 0 Å². The number of benzene rings is 3. The first-order valence-corrected chi connectivity index (χ1v) is 10.5. The fourth-order valence-electron chi connectivity index (χ4n) is 3.57. The number of anilines is 1. The average Bonchev–Trinajstić information content (AvgIpc) is 3.26. The number of nitriles is 1. The van der Waals surface area contributed by atoms with Gasteiger partial charge in [0.1, 0.15) is 28.9 Å². The van der Waals surface area contributed by atoms with Crippen molar-refractivity contribution in [3.63, 3.8) is 0 Å². The van der Waals surface area contributed by atoms with Gasteiger partial charge in [0.25, 0.3) is 5.91 Å². The summed E-state index contributed by atoms with van der Waals surface area (Å²) in [5, 5.41) is 12.7. The van der Waals surface area contributed by atoms with Gasteiger partial charge >= 0.3 is 0 Å². The van der Waals surface area contributed by atoms with Crippen molar-refractivity contribution in [3.8, 4) is 40.0 Å². The molecule has 6 nitrogen and oxygen atoms in total. The van der Waals surface area contributed by atoms with E-state index in [9.17, 15) is 10.1 Å². The number of amides is 1. The lowest BCUT2D eigenvalue weighted by molar-refractivity contribution is -0.111. The number of ether oxygens (including phenoxy) is 2. The summed E-state index contributed by atoms with van der Waals surface area (Å²) in [5.74, 6) is 1.38. The number of hydrogen-bond acceptors (Lipinski definition) is 5. The molecule has 168 valence electrons. The zero-order valence-corrected chi connectivity index (χ0v) is 18.7. The number of nitrogens with zero attached hydrogens (tertiary/aromatic N) is 1. The molecule has 0 unspecified atom stereocenters. The third-order valence-corrected chi connectivity index (χ3v) is 5.21. The maximum atomic E-state index is 12.7. The van der Waals surface area contributed by atoms with Crippen LogP contribution in [-0.4, -0.2) is 20.1 Å². The summed E-state index contributed by atoms with van der Waals surface area (Å²) < 4.78 is 16.6. The van der Waals surface area contributed by atoms with Crippen LogP contribution in [0.15, 0.2) is 89.4 Å². The van der Waals surface area contributed by atoms with Gasteiger partial charge < -0.3 is 13.9 Å². The lowest BCUT2D eigenvalue weighted by Gasteiger charge is -2.07. The van der Waals surface area contributed by atoms with Crippen LogP contribution in [-0.2, 0) is 4.79 Å². The zero-order chi connectivity index (χ0) is 23.9. The van der Waals surface area contributed by atoms with E-state index in [1.54, 1.807) is 38.5 Å². The third-order valence-electron chi connectivity index (χ3n) is 5.21. The van der Waals surface area contributed by atoms with Gasteiger partial charge in [-0.1, -0.05) is 60.7 Å². The second-order valence-corrected chi connectivity index (χ2v) is 7.28. The first-order valence-electron chi connectivity index (χ1n) is 10.5. The fourth-order valence-corrected chi connectivity index (χ4v) is 3.57. The van der Waals surface area contributed by atoms with Crippen molar-refractivity contribution in [2.24, 2.45) is 0 Å². The summed E-state index contributed by atoms with van der Waals surface area (Å²) in [6.07, 6.45) is 2.98. The van der Waals surface area contributed by atoms with Crippen LogP contribution in [0.2, 0.25) is 0 Å². The van der Waals surface area contributed by atoms with E-state index >= 15 is 0 Å². The van der Waals surface area contributed by atoms with Crippen molar-refractivity contribution in [2.75, 3.05) is 19.5 Å². The number of nitrogens with one attached hydrogen (secondary N) is 1. The Morgan fingerprint density at radius 1 is 0.941 bits per heavy atom. The van der Waals surface area contributed by atoms with Gasteiger partial charge in [-0.05, 0) is 23.8 Å². The highest BCUT2D eigenvalue weighted by molar-refractivity contribution is 6.03. The molecule has 4 aromatic rings. The quantitative estimate of drug-likeness (QED) is 0.341. The van der Waals surface area contributed by atoms with Gasteiger partial charge in [0.2, 0.25) is 5.88 Å². The SMILES string of the molecule is COc1ccc(/C=C/C(=O)Nc2oc(-c3ccccc3)c(-c3ccccc3)c2C#N)c(OC)c1. The minimum absolute atomic E-state index is 0.0940. The molecule has 0 aliphatic heterocycles. The predicted octanol–water partition coefficient (Wildman–Crippen LogP) is 6.15. The van der Waals surface area contributed by atoms with Crippen molar-refractivity contribution >= 4 is 17.9 Å². The largest absolute Gasteiger partial charge is 0.497 e. The Balaban J connectivity index is 1.69. The molecule has 0 aliphatic carbocycles. The number of carbonyl (C=O) groups excluding carboxylic acids is 1. The van der Waals surface area contributed by atoms with Crippen molar-refractivity contribution in [3.05, 3.63) is 96.1 Å². The summed E-state index contributed by atoms with van der Waals surface area (Å²) in [6.45, 7) is 0. The van der Waals surface area contributed by atoms with E-state index in [0.717, 1.165) is 11.1 Å². The molecular weight excluding hydrogens is 428 g/mol. The lowest BCUT2D eigenvalue weighted by Crippen LogP contribution is -2.08. The van der Waals surface area contributed by atoms with Crippen LogP contribution in [0.1, 0.15) is 11.1 Å². The van der Waals surface area contributed by atoms with Gasteiger partial charge in [-0.2, -0.15) is 5.26 Å². The highest BCUT2D eigenvalue weighted by atomic mass is 16.5. The molecule has 0 atom stereocenters. The first kappa shape index (κ1) is 22.4. The van der Waals surface area contributed by atoms with Gasteiger partial charge in [0, 0.05) is 28.8 Å². The molecule has 1 heterocycles. The van der Waals surface area contributed by atoms with Gasteiger partial charge in [-0.3, -0.25) is 10.1 Å². The van der Waals surface area contributed by atoms with Gasteiger partial charge in [-0.25, -0.2) is 0 Å². The normalized spacial score (nSPS) is 10.6. The molecule has 0 aliphatic rings. The van der Waals surface area contributed by atoms with E-state index in [0.29, 0.717) is 28.4 Å². The molecule has 0 saturated carbocycles. The number of furan rings is 1. The number of carbonyl (C=O) groups is 1. The van der Waals surface area contributed by atoms with E-state index in [1.165, 1.54) is 6.08 Å². The van der Waals surface area contributed by atoms with E-state index in [1.807, 2.05) is 60.7 Å². The maximum absolute atomic E-state index is 12.7. The molecule has 1 N–H and O–H groups in total. The highest BCUT2D eigenvalue weighted by Gasteiger charge is 2.23. The molecule has 4 rings (SSSR count). The third kappa shape index (κ3) is 4.69. The van der Waals surface area contributed by atoms with E-state index < -0.39 is 5.91 Å². The summed E-state index contributed by atoms with van der Waals surface area (Å²) >= 11 is 0. The topological polar surface area (TPSA) is 84.5 Å². The zero-order valence-electron chi connectivity index (χ0n) is 18.7. The summed E-state index contributed by atoms with van der Waals surface area (Å²) in [4.78, 5) is 12.7. The lowest BCUT2D eigenvalue weighted by atomic mass is 9.98. The molecular formula is C28H22N2O4. The number of rotatable bonds is 7. The van der Waals surface area contributed by atoms with E-state index in [2.05, 4.69) is 11.4 Å². The van der Waals surface area contributed by atoms with Crippen molar-refractivity contribution in [1.29, 1.82) is 5.26 Å². The highest BCUT2D eigenvalue weighted by Crippen LogP contribution is 2.41. The fraction of sp³-hybridized carbons (Fsp3) is 0.0714. The monoisotopic (exact) mass is 450 g/mol. The molecule has 1 aromatic heterocycles. The number of methoxy groups -OCH3 is 2. The Morgan fingerprint density at radius 3 is 2.24 bits per heavy atom. The minimum atomic E-state index is -0.442. The molecule has 3 aromatic carbocycles. The maximum Gasteiger partial charge on any atom is 0.250 e. The molecule has 34 heavy (non-hydrogen) atoms. The van der Waals surface area contributed by atoms with Crippen LogP contribution in [0.5, 0.6) is 11.5 Å². The van der Waals surface area contributed by atoms with Crippen LogP contribution in [0, 0.1) is 11.3 Å². The molecule has 0 bridgehead atoms. The summed E-state index contributed by atoms with van der Waals surface area (Å²) in [5.41, 5.74) is 3.21. The molecule has 0 saturated heterocycles. The van der Waals surface area contributed by atoms with Crippen LogP contribution in [0.4, 0.5) is 5.88 Å².